The standard InChI is InChI=1S/C25H30O6S/c1-17(23-4-3-5-24-25(23)31-16-30-24)12-18-6-7-20(13-18)19-8-10-22(11-9-19)29-14-21(26)15-32(2,27)28/h3-5,8-11,17-18,20H,6-7,12-16H2,1-2H3/t17-,18?,20+/m0/s1. The lowest BCUT2D eigenvalue weighted by Crippen LogP contribution is -2.20. The maximum absolute atomic E-state index is 11.7. The predicted molar refractivity (Wildman–Crippen MR) is 122 cm³/mol. The van der Waals surface area contributed by atoms with Gasteiger partial charge in [0.15, 0.2) is 27.1 Å². The van der Waals surface area contributed by atoms with Crippen LogP contribution in [0.5, 0.6) is 17.2 Å². The van der Waals surface area contributed by atoms with Gasteiger partial charge in [-0.25, -0.2) is 8.42 Å². The van der Waals surface area contributed by atoms with Crippen LogP contribution in [0.3, 0.4) is 0 Å². The Labute approximate surface area is 189 Å². The van der Waals surface area contributed by atoms with Crippen LogP contribution in [-0.4, -0.2) is 39.6 Å². The number of Topliss-reactive ketones (excluding diaryl/α,β-unsaturated/α-hetero) is 1. The average molecular weight is 459 g/mol. The zero-order valence-corrected chi connectivity index (χ0v) is 19.4. The van der Waals surface area contributed by atoms with Crippen LogP contribution >= 0.6 is 0 Å². The number of sulfone groups is 1. The molecule has 0 bridgehead atoms. The minimum atomic E-state index is -3.32. The first kappa shape index (κ1) is 22.6. The van der Waals surface area contributed by atoms with Crippen molar-refractivity contribution in [2.75, 3.05) is 25.4 Å². The van der Waals surface area contributed by atoms with Gasteiger partial charge in [-0.1, -0.05) is 31.2 Å². The van der Waals surface area contributed by atoms with Gasteiger partial charge in [-0.2, -0.15) is 0 Å². The molecule has 0 spiro atoms. The molecular formula is C25H30O6S. The second kappa shape index (κ2) is 9.53. The highest BCUT2D eigenvalue weighted by molar-refractivity contribution is 7.91. The first-order valence-electron chi connectivity index (χ1n) is 11.1. The van der Waals surface area contributed by atoms with E-state index in [1.807, 2.05) is 24.3 Å². The molecule has 2 aliphatic rings. The fourth-order valence-electron chi connectivity index (χ4n) is 4.89. The molecule has 1 unspecified atom stereocenters. The highest BCUT2D eigenvalue weighted by Crippen LogP contribution is 2.45. The number of ketones is 1. The Morgan fingerprint density at radius 1 is 1.12 bits per heavy atom. The molecule has 1 aliphatic heterocycles. The minimum Gasteiger partial charge on any atom is -0.486 e. The van der Waals surface area contributed by atoms with Crippen LogP contribution < -0.4 is 14.2 Å². The monoisotopic (exact) mass is 458 g/mol. The fraction of sp³-hybridized carbons (Fsp3) is 0.480. The molecule has 2 aromatic rings. The van der Waals surface area contributed by atoms with Crippen LogP contribution in [0.1, 0.15) is 55.6 Å². The summed E-state index contributed by atoms with van der Waals surface area (Å²) < 4.78 is 39.0. The van der Waals surface area contributed by atoms with Crippen molar-refractivity contribution in [3.05, 3.63) is 53.6 Å². The molecule has 6 nitrogen and oxygen atoms in total. The summed E-state index contributed by atoms with van der Waals surface area (Å²) in [5, 5.41) is 0. The van der Waals surface area contributed by atoms with Crippen LogP contribution in [0.2, 0.25) is 0 Å². The second-order valence-corrected chi connectivity index (χ2v) is 11.2. The van der Waals surface area contributed by atoms with Gasteiger partial charge in [0.2, 0.25) is 6.79 Å². The van der Waals surface area contributed by atoms with Gasteiger partial charge in [0, 0.05) is 11.8 Å². The Hall–Kier alpha value is -2.54. The van der Waals surface area contributed by atoms with Gasteiger partial charge < -0.3 is 14.2 Å². The SMILES string of the molecule is C[C@@H](CC1CC[C@@H](c2ccc(OCC(=O)CS(C)(=O)=O)cc2)C1)c1cccc2c1OCO2. The van der Waals surface area contributed by atoms with Crippen molar-refractivity contribution in [3.63, 3.8) is 0 Å². The zero-order valence-electron chi connectivity index (χ0n) is 18.6. The molecule has 0 aromatic heterocycles. The number of hydrogen-bond donors (Lipinski definition) is 0. The maximum atomic E-state index is 11.7. The maximum Gasteiger partial charge on any atom is 0.231 e. The molecule has 0 N–H and O–H groups in total. The topological polar surface area (TPSA) is 78.9 Å². The van der Waals surface area contributed by atoms with Crippen LogP contribution in [0.15, 0.2) is 42.5 Å². The molecule has 7 heteroatoms. The number of para-hydroxylation sites is 1. The summed E-state index contributed by atoms with van der Waals surface area (Å²) in [5.74, 6) is 3.00. The molecule has 4 rings (SSSR count). The molecule has 1 heterocycles. The fourth-order valence-corrected chi connectivity index (χ4v) is 5.56. The van der Waals surface area contributed by atoms with E-state index < -0.39 is 21.4 Å². The number of benzene rings is 2. The van der Waals surface area contributed by atoms with Gasteiger partial charge >= 0.3 is 0 Å². The van der Waals surface area contributed by atoms with E-state index in [-0.39, 0.29) is 6.61 Å². The molecule has 1 saturated carbocycles. The number of carbonyl (C=O) groups is 1. The van der Waals surface area contributed by atoms with E-state index in [9.17, 15) is 13.2 Å². The Kier molecular flexibility index (Phi) is 6.74. The van der Waals surface area contributed by atoms with Crippen LogP contribution in [0, 0.1) is 5.92 Å². The summed E-state index contributed by atoms with van der Waals surface area (Å²) in [4.78, 5) is 11.7. The summed E-state index contributed by atoms with van der Waals surface area (Å²) in [7, 11) is -3.32. The highest BCUT2D eigenvalue weighted by Gasteiger charge is 2.29. The number of rotatable bonds is 9. The molecule has 3 atom stereocenters. The first-order chi connectivity index (χ1) is 15.3. The number of hydrogen-bond acceptors (Lipinski definition) is 6. The second-order valence-electron chi connectivity index (χ2n) is 9.06. The van der Waals surface area contributed by atoms with E-state index in [4.69, 9.17) is 14.2 Å². The Balaban J connectivity index is 1.29. The van der Waals surface area contributed by atoms with Crippen molar-refractivity contribution < 1.29 is 27.4 Å². The summed E-state index contributed by atoms with van der Waals surface area (Å²) in [6.07, 6.45) is 5.70. The van der Waals surface area contributed by atoms with Crippen molar-refractivity contribution in [1.29, 1.82) is 0 Å². The normalized spacial score (nSPS) is 20.8. The summed E-state index contributed by atoms with van der Waals surface area (Å²) in [6, 6.07) is 14.0. The molecule has 0 saturated heterocycles. The van der Waals surface area contributed by atoms with Crippen molar-refractivity contribution in [3.8, 4) is 17.2 Å². The van der Waals surface area contributed by atoms with Crippen molar-refractivity contribution in [2.24, 2.45) is 5.92 Å². The van der Waals surface area contributed by atoms with E-state index in [1.54, 1.807) is 0 Å². The molecule has 172 valence electrons. The summed E-state index contributed by atoms with van der Waals surface area (Å²) in [6.45, 7) is 2.34. The van der Waals surface area contributed by atoms with Gasteiger partial charge in [-0.05, 0) is 67.2 Å². The number of fused-ring (bicyclic) bond motifs is 1. The highest BCUT2D eigenvalue weighted by atomic mass is 32.2. The van der Waals surface area contributed by atoms with Crippen molar-refractivity contribution >= 4 is 15.6 Å². The Bertz CT molecular complexity index is 1060. The number of ether oxygens (including phenoxy) is 3. The molecule has 1 aliphatic carbocycles. The van der Waals surface area contributed by atoms with Gasteiger partial charge in [0.25, 0.3) is 0 Å². The third kappa shape index (κ3) is 5.63. The van der Waals surface area contributed by atoms with Gasteiger partial charge in [-0.15, -0.1) is 0 Å². The van der Waals surface area contributed by atoms with Gasteiger partial charge in [-0.3, -0.25) is 4.79 Å². The predicted octanol–water partition coefficient (Wildman–Crippen LogP) is 4.49. The lowest BCUT2D eigenvalue weighted by atomic mass is 9.87. The zero-order chi connectivity index (χ0) is 22.7. The Morgan fingerprint density at radius 3 is 2.66 bits per heavy atom. The van der Waals surface area contributed by atoms with Gasteiger partial charge in [0.05, 0.1) is 0 Å². The lowest BCUT2D eigenvalue weighted by Gasteiger charge is -2.19. The molecular weight excluding hydrogens is 428 g/mol. The first-order valence-corrected chi connectivity index (χ1v) is 13.1. The van der Waals surface area contributed by atoms with E-state index in [0.717, 1.165) is 37.0 Å². The lowest BCUT2D eigenvalue weighted by molar-refractivity contribution is -0.118. The largest absolute Gasteiger partial charge is 0.486 e. The molecule has 2 aromatic carbocycles. The Morgan fingerprint density at radius 2 is 1.91 bits per heavy atom. The third-order valence-corrected chi connectivity index (χ3v) is 7.21. The van der Waals surface area contributed by atoms with Crippen LogP contribution in [0.4, 0.5) is 0 Å². The van der Waals surface area contributed by atoms with E-state index in [1.165, 1.54) is 17.5 Å². The third-order valence-electron chi connectivity index (χ3n) is 6.36. The van der Waals surface area contributed by atoms with E-state index in [2.05, 4.69) is 25.1 Å². The van der Waals surface area contributed by atoms with Crippen molar-refractivity contribution in [2.45, 2.75) is 44.4 Å². The van der Waals surface area contributed by atoms with E-state index in [0.29, 0.717) is 30.3 Å². The quantitative estimate of drug-likeness (QED) is 0.551. The van der Waals surface area contributed by atoms with E-state index >= 15 is 0 Å². The van der Waals surface area contributed by atoms with Crippen molar-refractivity contribution in [1.82, 2.24) is 0 Å². The number of carbonyl (C=O) groups excluding carboxylic acids is 1. The molecule has 32 heavy (non-hydrogen) atoms. The summed E-state index contributed by atoms with van der Waals surface area (Å²) in [5.41, 5.74) is 2.52. The minimum absolute atomic E-state index is 0.228. The van der Waals surface area contributed by atoms with Crippen LogP contribution in [0.25, 0.3) is 0 Å². The molecule has 0 radical (unpaired) electrons. The molecule has 0 amide bonds. The van der Waals surface area contributed by atoms with Crippen LogP contribution in [-0.2, 0) is 14.6 Å². The average Bonchev–Trinajstić information content (AvgIpc) is 3.40. The van der Waals surface area contributed by atoms with Gasteiger partial charge in [0.1, 0.15) is 18.1 Å². The molecule has 1 fully saturated rings. The summed E-state index contributed by atoms with van der Waals surface area (Å²) >= 11 is 0. The smallest absolute Gasteiger partial charge is 0.231 e.